The van der Waals surface area contributed by atoms with Gasteiger partial charge in [-0.1, -0.05) is 18.2 Å². The summed E-state index contributed by atoms with van der Waals surface area (Å²) in [5.74, 6) is 2.63. The van der Waals surface area contributed by atoms with Crippen LogP contribution in [-0.4, -0.2) is 34.3 Å². The van der Waals surface area contributed by atoms with E-state index < -0.39 is 5.91 Å². The van der Waals surface area contributed by atoms with E-state index in [1.807, 2.05) is 30.3 Å². The molecule has 8 heteroatoms. The Kier molecular flexibility index (Phi) is 6.16. The molecule has 0 saturated heterocycles. The summed E-state index contributed by atoms with van der Waals surface area (Å²) in [5, 5.41) is 4.75. The summed E-state index contributed by atoms with van der Waals surface area (Å²) in [4.78, 5) is 13.0. The molecule has 0 saturated carbocycles. The van der Waals surface area contributed by atoms with E-state index in [1.54, 1.807) is 58.8 Å². The Bertz CT molecular complexity index is 1540. The lowest BCUT2D eigenvalue weighted by atomic mass is 10.1. The van der Waals surface area contributed by atoms with Gasteiger partial charge in [-0.15, -0.1) is 0 Å². The van der Waals surface area contributed by atoms with E-state index >= 15 is 0 Å². The van der Waals surface area contributed by atoms with Crippen LogP contribution in [0.1, 0.15) is 21.9 Å². The molecule has 1 N–H and O–H groups in total. The van der Waals surface area contributed by atoms with Gasteiger partial charge in [-0.3, -0.25) is 4.79 Å². The maximum absolute atomic E-state index is 13.0. The monoisotopic (exact) mass is 487 g/mol. The number of carbonyl (C=O) groups excluding carboxylic acids is 1. The lowest BCUT2D eigenvalue weighted by Crippen LogP contribution is -2.11. The predicted molar refractivity (Wildman–Crippen MR) is 136 cm³/mol. The van der Waals surface area contributed by atoms with E-state index in [0.717, 1.165) is 21.9 Å². The van der Waals surface area contributed by atoms with Crippen molar-refractivity contribution in [3.05, 3.63) is 77.7 Å². The zero-order valence-electron chi connectivity index (χ0n) is 20.3. The summed E-state index contributed by atoms with van der Waals surface area (Å²) in [6.45, 7) is 0. The molecule has 8 nitrogen and oxygen atoms in total. The number of para-hydroxylation sites is 1. The molecule has 3 aromatic carbocycles. The number of nitrogens with one attached hydrogen (secondary N) is 1. The lowest BCUT2D eigenvalue weighted by molar-refractivity contribution is 0.0994. The number of furan rings is 2. The molecule has 36 heavy (non-hydrogen) atoms. The molecule has 0 spiro atoms. The first-order valence-electron chi connectivity index (χ1n) is 11.2. The van der Waals surface area contributed by atoms with Gasteiger partial charge < -0.3 is 33.1 Å². The van der Waals surface area contributed by atoms with E-state index in [9.17, 15) is 4.79 Å². The second-order valence-corrected chi connectivity index (χ2v) is 8.05. The van der Waals surface area contributed by atoms with E-state index in [2.05, 4.69) is 5.32 Å². The summed E-state index contributed by atoms with van der Waals surface area (Å²) < 4.78 is 33.7. The molecule has 5 aromatic rings. The fourth-order valence-corrected chi connectivity index (χ4v) is 4.22. The van der Waals surface area contributed by atoms with Crippen molar-refractivity contribution in [2.75, 3.05) is 33.8 Å². The van der Waals surface area contributed by atoms with Crippen molar-refractivity contribution < 1.29 is 32.6 Å². The Balaban J connectivity index is 1.41. The minimum atomic E-state index is -0.413. The molecule has 0 unspecified atom stereocenters. The molecule has 0 aliphatic heterocycles. The van der Waals surface area contributed by atoms with Crippen LogP contribution in [0, 0.1) is 0 Å². The van der Waals surface area contributed by atoms with Crippen molar-refractivity contribution in [3.63, 3.8) is 0 Å². The number of benzene rings is 3. The first-order valence-corrected chi connectivity index (χ1v) is 11.2. The van der Waals surface area contributed by atoms with Crippen LogP contribution in [-0.2, 0) is 6.42 Å². The van der Waals surface area contributed by atoms with Gasteiger partial charge in [0.2, 0.25) is 0 Å². The Labute approximate surface area is 207 Å². The van der Waals surface area contributed by atoms with Gasteiger partial charge in [0, 0.05) is 41.0 Å². The van der Waals surface area contributed by atoms with Crippen molar-refractivity contribution in [3.8, 4) is 23.0 Å². The number of rotatable bonds is 8. The van der Waals surface area contributed by atoms with Crippen molar-refractivity contribution in [1.29, 1.82) is 0 Å². The zero-order valence-corrected chi connectivity index (χ0v) is 20.3. The second kappa shape index (κ2) is 9.58. The Morgan fingerprint density at radius 3 is 2.17 bits per heavy atom. The largest absolute Gasteiger partial charge is 0.496 e. The fraction of sp³-hybridized carbons (Fsp3) is 0.179. The zero-order chi connectivity index (χ0) is 25.2. The van der Waals surface area contributed by atoms with Gasteiger partial charge in [-0.25, -0.2) is 0 Å². The Morgan fingerprint density at radius 1 is 0.750 bits per heavy atom. The molecule has 2 heterocycles. The highest BCUT2D eigenvalue weighted by atomic mass is 16.5. The third-order valence-electron chi connectivity index (χ3n) is 6.00. The van der Waals surface area contributed by atoms with Gasteiger partial charge in [0.15, 0.2) is 5.76 Å². The normalized spacial score (nSPS) is 11.0. The van der Waals surface area contributed by atoms with E-state index in [0.29, 0.717) is 46.4 Å². The Morgan fingerprint density at radius 2 is 1.47 bits per heavy atom. The molecule has 0 aliphatic rings. The van der Waals surface area contributed by atoms with Crippen LogP contribution in [0.25, 0.3) is 21.9 Å². The number of hydrogen-bond donors (Lipinski definition) is 1. The van der Waals surface area contributed by atoms with Crippen LogP contribution in [0.2, 0.25) is 0 Å². The number of methoxy groups -OCH3 is 4. The van der Waals surface area contributed by atoms with Crippen LogP contribution < -0.4 is 24.3 Å². The average Bonchev–Trinajstić information content (AvgIpc) is 3.52. The molecule has 184 valence electrons. The quantitative estimate of drug-likeness (QED) is 0.285. The molecule has 0 atom stereocenters. The second-order valence-electron chi connectivity index (χ2n) is 8.05. The first-order chi connectivity index (χ1) is 17.5. The van der Waals surface area contributed by atoms with Gasteiger partial charge >= 0.3 is 0 Å². The minimum absolute atomic E-state index is 0.156. The number of fused-ring (bicyclic) bond motifs is 3. The molecular formula is C28H25NO7. The van der Waals surface area contributed by atoms with Crippen molar-refractivity contribution in [2.24, 2.45) is 0 Å². The lowest BCUT2D eigenvalue weighted by Gasteiger charge is -2.14. The molecule has 0 radical (unpaired) electrons. The van der Waals surface area contributed by atoms with E-state index in [-0.39, 0.29) is 5.76 Å². The highest BCUT2D eigenvalue weighted by molar-refractivity contribution is 6.09. The van der Waals surface area contributed by atoms with Crippen LogP contribution in [0.4, 0.5) is 5.69 Å². The fourth-order valence-electron chi connectivity index (χ4n) is 4.22. The maximum Gasteiger partial charge on any atom is 0.291 e. The van der Waals surface area contributed by atoms with Gasteiger partial charge in [-0.05, 0) is 24.3 Å². The van der Waals surface area contributed by atoms with Crippen LogP contribution >= 0.6 is 0 Å². The van der Waals surface area contributed by atoms with Crippen LogP contribution in [0.3, 0.4) is 0 Å². The summed E-state index contributed by atoms with van der Waals surface area (Å²) in [7, 11) is 6.28. The van der Waals surface area contributed by atoms with Crippen molar-refractivity contribution in [2.45, 2.75) is 6.42 Å². The van der Waals surface area contributed by atoms with Crippen molar-refractivity contribution >= 4 is 33.5 Å². The van der Waals surface area contributed by atoms with Gasteiger partial charge in [-0.2, -0.15) is 0 Å². The standard InChI is InChI=1S/C28H25NO7/c1-31-17-12-24(32-2)20(25(13-17)33-3)11-16-9-10-23(35-16)28(30)29-21-15-26-19(14-27(21)34-4)18-7-5-6-8-22(18)36-26/h5-10,12-15H,11H2,1-4H3,(H,29,30). The molecular weight excluding hydrogens is 462 g/mol. The molecule has 5 rings (SSSR count). The molecule has 1 amide bonds. The summed E-state index contributed by atoms with van der Waals surface area (Å²) in [5.41, 5.74) is 2.66. The van der Waals surface area contributed by atoms with Crippen molar-refractivity contribution in [1.82, 2.24) is 0 Å². The molecule has 0 fully saturated rings. The van der Waals surface area contributed by atoms with Crippen LogP contribution in [0.15, 0.2) is 69.5 Å². The average molecular weight is 488 g/mol. The predicted octanol–water partition coefficient (Wildman–Crippen LogP) is 6.06. The maximum atomic E-state index is 13.0. The SMILES string of the molecule is COc1cc(OC)c(Cc2ccc(C(=O)Nc3cc4oc5ccccc5c4cc3OC)o2)c(OC)c1. The smallest absolute Gasteiger partial charge is 0.291 e. The molecule has 0 bridgehead atoms. The summed E-state index contributed by atoms with van der Waals surface area (Å²) in [6, 6.07) is 18.3. The third kappa shape index (κ3) is 4.17. The summed E-state index contributed by atoms with van der Waals surface area (Å²) >= 11 is 0. The van der Waals surface area contributed by atoms with E-state index in [1.165, 1.54) is 0 Å². The van der Waals surface area contributed by atoms with Gasteiger partial charge in [0.05, 0.1) is 34.1 Å². The number of hydrogen-bond acceptors (Lipinski definition) is 7. The minimum Gasteiger partial charge on any atom is -0.496 e. The van der Waals surface area contributed by atoms with Crippen LogP contribution in [0.5, 0.6) is 23.0 Å². The summed E-state index contributed by atoms with van der Waals surface area (Å²) in [6.07, 6.45) is 0.359. The van der Waals surface area contributed by atoms with E-state index in [4.69, 9.17) is 27.8 Å². The van der Waals surface area contributed by atoms with Gasteiger partial charge in [0.1, 0.15) is 39.9 Å². The molecule has 2 aromatic heterocycles. The number of amides is 1. The Hall–Kier alpha value is -4.59. The molecule has 0 aliphatic carbocycles. The number of ether oxygens (including phenoxy) is 4. The highest BCUT2D eigenvalue weighted by Crippen LogP contribution is 2.38. The topological polar surface area (TPSA) is 92.3 Å². The number of carbonyl (C=O) groups is 1. The first kappa shape index (κ1) is 23.2. The highest BCUT2D eigenvalue weighted by Gasteiger charge is 2.19. The third-order valence-corrected chi connectivity index (χ3v) is 6.00. The number of anilines is 1. The van der Waals surface area contributed by atoms with Gasteiger partial charge in [0.25, 0.3) is 5.91 Å².